The first-order chi connectivity index (χ1) is 16.7. The molecule has 1 atom stereocenters. The Morgan fingerprint density at radius 1 is 1.17 bits per heavy atom. The number of hydrazone groups is 1. The second-order valence-electron chi connectivity index (χ2n) is 7.57. The van der Waals surface area contributed by atoms with Crippen molar-refractivity contribution in [1.29, 1.82) is 0 Å². The first-order valence-corrected chi connectivity index (χ1v) is 11.9. The van der Waals surface area contributed by atoms with Crippen molar-refractivity contribution in [3.63, 3.8) is 0 Å². The summed E-state index contributed by atoms with van der Waals surface area (Å²) in [6.45, 7) is 5.51. The zero-order valence-electron chi connectivity index (χ0n) is 19.8. The summed E-state index contributed by atoms with van der Waals surface area (Å²) >= 11 is 9.34. The maximum Gasteiger partial charge on any atom is 0.343 e. The van der Waals surface area contributed by atoms with Gasteiger partial charge in [-0.1, -0.05) is 31.5 Å². The molecule has 188 valence electrons. The Kier molecular flexibility index (Phi) is 11.0. The van der Waals surface area contributed by atoms with Crippen LogP contribution in [-0.2, 0) is 14.3 Å². The highest BCUT2D eigenvalue weighted by Crippen LogP contribution is 2.36. The number of nitrogens with one attached hydrogen (secondary N) is 2. The fourth-order valence-electron chi connectivity index (χ4n) is 2.88. The number of amides is 2. The third-order valence-electron chi connectivity index (χ3n) is 4.60. The molecule has 0 radical (unpaired) electrons. The highest BCUT2D eigenvalue weighted by atomic mass is 79.9. The van der Waals surface area contributed by atoms with E-state index in [2.05, 4.69) is 36.5 Å². The highest BCUT2D eigenvalue weighted by Gasteiger charge is 2.24. The predicted molar refractivity (Wildman–Crippen MR) is 136 cm³/mol. The quantitative estimate of drug-likeness (QED) is 0.241. The SMILES string of the molecule is CCOc1cc(/C=N/NC(=O)C(NC(=O)c2cccc(Cl)c2)C(C)C)cc(Br)c1OCC(=O)OC. The third kappa shape index (κ3) is 8.56. The van der Waals surface area contributed by atoms with Gasteiger partial charge in [-0.05, 0) is 64.7 Å². The number of nitrogens with zero attached hydrogens (tertiary/aromatic N) is 1. The summed E-state index contributed by atoms with van der Waals surface area (Å²) in [5.74, 6) is -0.908. The fourth-order valence-corrected chi connectivity index (χ4v) is 3.65. The Balaban J connectivity index is 2.11. The highest BCUT2D eigenvalue weighted by molar-refractivity contribution is 9.10. The maximum atomic E-state index is 12.7. The van der Waals surface area contributed by atoms with Crippen molar-refractivity contribution < 1.29 is 28.6 Å². The topological polar surface area (TPSA) is 115 Å². The van der Waals surface area contributed by atoms with Crippen molar-refractivity contribution in [1.82, 2.24) is 10.7 Å². The van der Waals surface area contributed by atoms with Crippen molar-refractivity contribution in [3.05, 3.63) is 57.0 Å². The minimum Gasteiger partial charge on any atom is -0.490 e. The smallest absolute Gasteiger partial charge is 0.343 e. The van der Waals surface area contributed by atoms with E-state index in [1.807, 2.05) is 20.8 Å². The summed E-state index contributed by atoms with van der Waals surface area (Å²) in [6, 6.07) is 8.97. The van der Waals surface area contributed by atoms with Crippen LogP contribution in [0.4, 0.5) is 0 Å². The Morgan fingerprint density at radius 2 is 1.91 bits per heavy atom. The molecule has 0 saturated carbocycles. The summed E-state index contributed by atoms with van der Waals surface area (Å²) in [7, 11) is 1.27. The molecule has 35 heavy (non-hydrogen) atoms. The van der Waals surface area contributed by atoms with Crippen molar-refractivity contribution in [2.75, 3.05) is 20.3 Å². The van der Waals surface area contributed by atoms with Gasteiger partial charge in [-0.25, -0.2) is 10.2 Å². The van der Waals surface area contributed by atoms with E-state index in [-0.39, 0.29) is 12.5 Å². The van der Waals surface area contributed by atoms with E-state index < -0.39 is 23.8 Å². The predicted octanol–water partition coefficient (Wildman–Crippen LogP) is 3.96. The molecular weight excluding hydrogens is 542 g/mol. The summed E-state index contributed by atoms with van der Waals surface area (Å²) in [6.07, 6.45) is 1.42. The molecular formula is C24H27BrClN3O6. The van der Waals surface area contributed by atoms with Crippen molar-refractivity contribution in [2.45, 2.75) is 26.8 Å². The summed E-state index contributed by atoms with van der Waals surface area (Å²) in [5.41, 5.74) is 3.40. The Hall–Kier alpha value is -3.11. The van der Waals surface area contributed by atoms with E-state index in [9.17, 15) is 14.4 Å². The lowest BCUT2D eigenvalue weighted by molar-refractivity contribution is -0.143. The van der Waals surface area contributed by atoms with Gasteiger partial charge in [-0.2, -0.15) is 5.10 Å². The van der Waals surface area contributed by atoms with Crippen LogP contribution < -0.4 is 20.2 Å². The Morgan fingerprint density at radius 3 is 2.54 bits per heavy atom. The van der Waals surface area contributed by atoms with Gasteiger partial charge in [0.25, 0.3) is 11.8 Å². The van der Waals surface area contributed by atoms with Gasteiger partial charge < -0.3 is 19.5 Å². The largest absolute Gasteiger partial charge is 0.490 e. The number of halogens is 2. The molecule has 2 rings (SSSR count). The molecule has 1 unspecified atom stereocenters. The van der Waals surface area contributed by atoms with Crippen LogP contribution in [0.3, 0.4) is 0 Å². The number of methoxy groups -OCH3 is 1. The van der Waals surface area contributed by atoms with Gasteiger partial charge in [0.1, 0.15) is 6.04 Å². The van der Waals surface area contributed by atoms with Gasteiger partial charge in [-0.3, -0.25) is 9.59 Å². The molecule has 2 amide bonds. The first-order valence-electron chi connectivity index (χ1n) is 10.7. The lowest BCUT2D eigenvalue weighted by atomic mass is 10.0. The number of carbonyl (C=O) groups is 3. The van der Waals surface area contributed by atoms with Crippen molar-refractivity contribution >= 4 is 51.5 Å². The van der Waals surface area contributed by atoms with Crippen LogP contribution in [0.25, 0.3) is 0 Å². The van der Waals surface area contributed by atoms with Crippen LogP contribution in [0, 0.1) is 5.92 Å². The van der Waals surface area contributed by atoms with Crippen LogP contribution >= 0.6 is 27.5 Å². The molecule has 9 nitrogen and oxygen atoms in total. The van der Waals surface area contributed by atoms with E-state index in [0.29, 0.717) is 38.7 Å². The van der Waals surface area contributed by atoms with Crippen LogP contribution in [0.2, 0.25) is 5.02 Å². The van der Waals surface area contributed by atoms with E-state index in [1.165, 1.54) is 19.4 Å². The molecule has 0 fully saturated rings. The number of esters is 1. The molecule has 0 spiro atoms. The Bertz CT molecular complexity index is 1090. The average Bonchev–Trinajstić information content (AvgIpc) is 2.81. The van der Waals surface area contributed by atoms with Crippen molar-refractivity contribution in [2.24, 2.45) is 11.0 Å². The molecule has 0 aromatic heterocycles. The van der Waals surface area contributed by atoms with Gasteiger partial charge in [0.2, 0.25) is 0 Å². The molecule has 11 heteroatoms. The molecule has 0 heterocycles. The van der Waals surface area contributed by atoms with Gasteiger partial charge in [0, 0.05) is 10.6 Å². The second kappa shape index (κ2) is 13.7. The monoisotopic (exact) mass is 567 g/mol. The van der Waals surface area contributed by atoms with Crippen molar-refractivity contribution in [3.8, 4) is 11.5 Å². The van der Waals surface area contributed by atoms with Crippen LogP contribution in [-0.4, -0.2) is 50.4 Å². The molecule has 0 aliphatic carbocycles. The summed E-state index contributed by atoms with van der Waals surface area (Å²) in [5, 5.41) is 7.15. The van der Waals surface area contributed by atoms with E-state index >= 15 is 0 Å². The lowest BCUT2D eigenvalue weighted by Crippen LogP contribution is -2.48. The summed E-state index contributed by atoms with van der Waals surface area (Å²) < 4.78 is 16.2. The van der Waals surface area contributed by atoms with Crippen LogP contribution in [0.1, 0.15) is 36.7 Å². The summed E-state index contributed by atoms with van der Waals surface area (Å²) in [4.78, 5) is 36.7. The lowest BCUT2D eigenvalue weighted by Gasteiger charge is -2.20. The molecule has 0 saturated heterocycles. The molecule has 0 bridgehead atoms. The Labute approximate surface area is 217 Å². The molecule has 2 aromatic carbocycles. The van der Waals surface area contributed by atoms with E-state index in [4.69, 9.17) is 21.1 Å². The number of rotatable bonds is 11. The van der Waals surface area contributed by atoms with Gasteiger partial charge in [0.15, 0.2) is 18.1 Å². The van der Waals surface area contributed by atoms with E-state index in [1.54, 1.807) is 30.3 Å². The van der Waals surface area contributed by atoms with Crippen LogP contribution in [0.5, 0.6) is 11.5 Å². The average molecular weight is 569 g/mol. The third-order valence-corrected chi connectivity index (χ3v) is 5.43. The molecule has 2 aromatic rings. The number of benzene rings is 2. The minimum absolute atomic E-state index is 0.196. The second-order valence-corrected chi connectivity index (χ2v) is 8.86. The molecule has 0 aliphatic heterocycles. The van der Waals surface area contributed by atoms with Crippen LogP contribution in [0.15, 0.2) is 46.0 Å². The first kappa shape index (κ1) is 28.1. The standard InChI is InChI=1S/C24H27BrClN3O6/c1-5-34-19-10-15(9-18(25)22(19)35-13-20(30)33-4)12-27-29-24(32)21(14(2)3)28-23(31)16-7-6-8-17(26)11-16/h6-12,14,21H,5,13H2,1-4H3,(H,28,31)(H,29,32)/b27-12+. The molecule has 2 N–H and O–H groups in total. The number of hydrogen-bond acceptors (Lipinski definition) is 7. The number of hydrogen-bond donors (Lipinski definition) is 2. The zero-order valence-corrected chi connectivity index (χ0v) is 22.1. The minimum atomic E-state index is -0.821. The number of ether oxygens (including phenoxy) is 3. The zero-order chi connectivity index (χ0) is 26.0. The van der Waals surface area contributed by atoms with E-state index in [0.717, 1.165) is 0 Å². The van der Waals surface area contributed by atoms with Gasteiger partial charge >= 0.3 is 5.97 Å². The molecule has 0 aliphatic rings. The van der Waals surface area contributed by atoms with Gasteiger partial charge in [-0.15, -0.1) is 0 Å². The number of carbonyl (C=O) groups excluding carboxylic acids is 3. The normalized spacial score (nSPS) is 11.7. The fraction of sp³-hybridized carbons (Fsp3) is 0.333. The maximum absolute atomic E-state index is 12.7. The van der Waals surface area contributed by atoms with Gasteiger partial charge in [0.05, 0.1) is 24.4 Å².